The second-order valence-corrected chi connectivity index (χ2v) is 5.57. The average molecular weight is 226 g/mol. The van der Waals surface area contributed by atoms with E-state index >= 15 is 0 Å². The number of carbonyl (C=O) groups excluding carboxylic acids is 1. The molecule has 3 atom stereocenters. The fraction of sp³-hybridized carbons (Fsp3) is 0.929. The molecule has 0 heterocycles. The van der Waals surface area contributed by atoms with E-state index in [9.17, 15) is 4.79 Å². The maximum Gasteiger partial charge on any atom is 0.158 e. The Bertz CT molecular complexity index is 223. The van der Waals surface area contributed by atoms with Crippen LogP contribution in [0.3, 0.4) is 0 Å². The van der Waals surface area contributed by atoms with Crippen molar-refractivity contribution in [1.29, 1.82) is 0 Å². The van der Waals surface area contributed by atoms with Crippen molar-refractivity contribution in [2.24, 2.45) is 17.8 Å². The smallest absolute Gasteiger partial charge is 0.158 e. The molecule has 2 heteroatoms. The van der Waals surface area contributed by atoms with Gasteiger partial charge >= 0.3 is 0 Å². The molecule has 0 saturated heterocycles. The number of hydrogen-bond donors (Lipinski definition) is 0. The van der Waals surface area contributed by atoms with Gasteiger partial charge in [0.25, 0.3) is 0 Å². The van der Waals surface area contributed by atoms with Crippen molar-refractivity contribution in [3.63, 3.8) is 0 Å². The van der Waals surface area contributed by atoms with Crippen molar-refractivity contribution in [3.8, 4) is 0 Å². The third-order valence-electron chi connectivity index (χ3n) is 3.81. The van der Waals surface area contributed by atoms with Crippen LogP contribution >= 0.6 is 0 Å². The van der Waals surface area contributed by atoms with Crippen LogP contribution < -0.4 is 0 Å². The molecule has 0 N–H and O–H groups in total. The lowest BCUT2D eigenvalue weighted by atomic mass is 9.75. The Hall–Kier alpha value is -0.370. The SMILES string of the molecule is CCC(=O)COC1CC(C)CCC1C(C)C. The molecule has 0 bridgehead atoms. The van der Waals surface area contributed by atoms with Crippen LogP contribution in [-0.2, 0) is 9.53 Å². The van der Waals surface area contributed by atoms with Gasteiger partial charge in [-0.1, -0.05) is 34.1 Å². The largest absolute Gasteiger partial charge is 0.370 e. The standard InChI is InChI=1S/C14H26O2/c1-5-12(15)9-16-14-8-11(4)6-7-13(14)10(2)3/h10-11,13-14H,5-9H2,1-4H3. The molecule has 0 aromatic rings. The Morgan fingerprint density at radius 3 is 2.62 bits per heavy atom. The summed E-state index contributed by atoms with van der Waals surface area (Å²) >= 11 is 0. The van der Waals surface area contributed by atoms with Crippen molar-refractivity contribution in [1.82, 2.24) is 0 Å². The maximum atomic E-state index is 11.3. The minimum atomic E-state index is 0.223. The second-order valence-electron chi connectivity index (χ2n) is 5.57. The van der Waals surface area contributed by atoms with Crippen molar-refractivity contribution < 1.29 is 9.53 Å². The number of rotatable bonds is 5. The van der Waals surface area contributed by atoms with E-state index in [0.717, 1.165) is 12.3 Å². The first-order valence-electron chi connectivity index (χ1n) is 6.67. The van der Waals surface area contributed by atoms with Gasteiger partial charge in [0.05, 0.1) is 6.10 Å². The maximum absolute atomic E-state index is 11.3. The zero-order chi connectivity index (χ0) is 12.1. The summed E-state index contributed by atoms with van der Waals surface area (Å²) in [6.07, 6.45) is 4.59. The van der Waals surface area contributed by atoms with Gasteiger partial charge < -0.3 is 4.74 Å². The van der Waals surface area contributed by atoms with Crippen molar-refractivity contribution in [2.75, 3.05) is 6.61 Å². The average Bonchev–Trinajstić information content (AvgIpc) is 2.25. The molecule has 1 fully saturated rings. The van der Waals surface area contributed by atoms with E-state index < -0.39 is 0 Å². The normalized spacial score (nSPS) is 30.7. The number of Topliss-reactive ketones (excluding diaryl/α,β-unsaturated/α-hetero) is 1. The molecule has 0 aromatic heterocycles. The van der Waals surface area contributed by atoms with E-state index in [-0.39, 0.29) is 5.78 Å². The molecule has 3 unspecified atom stereocenters. The summed E-state index contributed by atoms with van der Waals surface area (Å²) in [4.78, 5) is 11.3. The Labute approximate surface area is 99.8 Å². The number of hydrogen-bond acceptors (Lipinski definition) is 2. The third-order valence-corrected chi connectivity index (χ3v) is 3.81. The first-order valence-corrected chi connectivity index (χ1v) is 6.67. The minimum Gasteiger partial charge on any atom is -0.370 e. The first-order chi connectivity index (χ1) is 7.54. The van der Waals surface area contributed by atoms with Crippen molar-refractivity contribution in [3.05, 3.63) is 0 Å². The van der Waals surface area contributed by atoms with Gasteiger partial charge in [-0.15, -0.1) is 0 Å². The first kappa shape index (κ1) is 13.7. The Morgan fingerprint density at radius 1 is 1.38 bits per heavy atom. The molecular weight excluding hydrogens is 200 g/mol. The Kier molecular flexibility index (Phi) is 5.47. The quantitative estimate of drug-likeness (QED) is 0.717. The Balaban J connectivity index is 2.47. The Morgan fingerprint density at radius 2 is 2.06 bits per heavy atom. The fourth-order valence-corrected chi connectivity index (χ4v) is 2.61. The highest BCUT2D eigenvalue weighted by molar-refractivity contribution is 5.79. The lowest BCUT2D eigenvalue weighted by Crippen LogP contribution is -2.35. The number of carbonyl (C=O) groups is 1. The number of ketones is 1. The van der Waals surface area contributed by atoms with Gasteiger partial charge in [-0.25, -0.2) is 0 Å². The van der Waals surface area contributed by atoms with Crippen LogP contribution in [0.2, 0.25) is 0 Å². The van der Waals surface area contributed by atoms with Crippen LogP contribution in [0.15, 0.2) is 0 Å². The lowest BCUT2D eigenvalue weighted by molar-refractivity contribution is -0.128. The molecule has 1 saturated carbocycles. The van der Waals surface area contributed by atoms with Gasteiger partial charge in [0, 0.05) is 6.42 Å². The fourth-order valence-electron chi connectivity index (χ4n) is 2.61. The summed E-state index contributed by atoms with van der Waals surface area (Å²) in [6, 6.07) is 0. The lowest BCUT2D eigenvalue weighted by Gasteiger charge is -2.37. The van der Waals surface area contributed by atoms with E-state index in [4.69, 9.17) is 4.74 Å². The minimum absolute atomic E-state index is 0.223. The molecule has 0 radical (unpaired) electrons. The topological polar surface area (TPSA) is 26.3 Å². The van der Waals surface area contributed by atoms with E-state index in [1.54, 1.807) is 0 Å². The zero-order valence-electron chi connectivity index (χ0n) is 11.2. The third kappa shape index (κ3) is 3.89. The molecule has 0 spiro atoms. The summed E-state index contributed by atoms with van der Waals surface area (Å²) in [6.45, 7) is 9.03. The van der Waals surface area contributed by atoms with Crippen LogP contribution in [0.5, 0.6) is 0 Å². The molecular formula is C14H26O2. The highest BCUT2D eigenvalue weighted by Gasteiger charge is 2.31. The van der Waals surface area contributed by atoms with Crippen molar-refractivity contribution in [2.45, 2.75) is 59.5 Å². The molecule has 0 amide bonds. The molecule has 94 valence electrons. The van der Waals surface area contributed by atoms with Gasteiger partial charge in [0.1, 0.15) is 6.61 Å². The summed E-state index contributed by atoms with van der Waals surface area (Å²) in [5.74, 6) is 2.27. The molecule has 1 rings (SSSR count). The van der Waals surface area contributed by atoms with Gasteiger partial charge in [-0.05, 0) is 30.6 Å². The monoisotopic (exact) mass is 226 g/mol. The van der Waals surface area contributed by atoms with Crippen LogP contribution in [0.25, 0.3) is 0 Å². The van der Waals surface area contributed by atoms with Crippen LogP contribution in [0.1, 0.15) is 53.4 Å². The van der Waals surface area contributed by atoms with E-state index in [0.29, 0.717) is 31.0 Å². The summed E-state index contributed by atoms with van der Waals surface area (Å²) in [7, 11) is 0. The van der Waals surface area contributed by atoms with Crippen molar-refractivity contribution >= 4 is 5.78 Å². The van der Waals surface area contributed by atoms with Gasteiger partial charge in [-0.2, -0.15) is 0 Å². The van der Waals surface area contributed by atoms with Gasteiger partial charge in [-0.3, -0.25) is 4.79 Å². The molecule has 1 aliphatic carbocycles. The van der Waals surface area contributed by atoms with Gasteiger partial charge in [0.15, 0.2) is 5.78 Å². The highest BCUT2D eigenvalue weighted by atomic mass is 16.5. The van der Waals surface area contributed by atoms with E-state index in [1.807, 2.05) is 6.92 Å². The summed E-state index contributed by atoms with van der Waals surface area (Å²) in [5.41, 5.74) is 0. The molecule has 0 aromatic carbocycles. The van der Waals surface area contributed by atoms with Crippen LogP contribution in [0, 0.1) is 17.8 Å². The summed E-state index contributed by atoms with van der Waals surface area (Å²) < 4.78 is 5.83. The molecule has 0 aliphatic heterocycles. The van der Waals surface area contributed by atoms with Crippen LogP contribution in [-0.4, -0.2) is 18.5 Å². The van der Waals surface area contributed by atoms with E-state index in [1.165, 1.54) is 12.8 Å². The molecule has 16 heavy (non-hydrogen) atoms. The zero-order valence-corrected chi connectivity index (χ0v) is 11.2. The second kappa shape index (κ2) is 6.39. The number of ether oxygens (including phenoxy) is 1. The predicted octanol–water partition coefficient (Wildman–Crippen LogP) is 3.44. The molecule has 1 aliphatic rings. The summed E-state index contributed by atoms with van der Waals surface area (Å²) in [5, 5.41) is 0. The van der Waals surface area contributed by atoms with Gasteiger partial charge in [0.2, 0.25) is 0 Å². The predicted molar refractivity (Wildman–Crippen MR) is 66.4 cm³/mol. The highest BCUT2D eigenvalue weighted by Crippen LogP contribution is 2.35. The van der Waals surface area contributed by atoms with E-state index in [2.05, 4.69) is 20.8 Å². The molecule has 2 nitrogen and oxygen atoms in total. The van der Waals surface area contributed by atoms with Crippen LogP contribution in [0.4, 0.5) is 0 Å².